The SMILES string of the molecule is C[CH]c1cccc(CCC)c1. The average Bonchev–Trinajstić information content (AvgIpc) is 2.06. The van der Waals surface area contributed by atoms with Gasteiger partial charge in [0, 0.05) is 0 Å². The lowest BCUT2D eigenvalue weighted by Crippen LogP contribution is -1.84. The van der Waals surface area contributed by atoms with E-state index in [1.807, 2.05) is 0 Å². The molecule has 0 N–H and O–H groups in total. The van der Waals surface area contributed by atoms with Gasteiger partial charge >= 0.3 is 0 Å². The van der Waals surface area contributed by atoms with Crippen LogP contribution in [0.15, 0.2) is 24.3 Å². The molecule has 1 rings (SSSR count). The van der Waals surface area contributed by atoms with Gasteiger partial charge in [-0.25, -0.2) is 0 Å². The normalized spacial score (nSPS) is 10.0. The molecule has 11 heavy (non-hydrogen) atoms. The van der Waals surface area contributed by atoms with Crippen LogP contribution in [-0.2, 0) is 6.42 Å². The molecule has 0 saturated carbocycles. The minimum Gasteiger partial charge on any atom is -0.0651 e. The Kier molecular flexibility index (Phi) is 3.15. The highest BCUT2D eigenvalue weighted by Gasteiger charge is 1.91. The molecular weight excluding hydrogens is 132 g/mol. The molecule has 0 aromatic heterocycles. The Morgan fingerprint density at radius 2 is 2.18 bits per heavy atom. The molecule has 0 heterocycles. The lowest BCUT2D eigenvalue weighted by molar-refractivity contribution is 0.920. The molecule has 59 valence electrons. The van der Waals surface area contributed by atoms with Crippen LogP contribution in [-0.4, -0.2) is 0 Å². The van der Waals surface area contributed by atoms with Crippen molar-refractivity contribution in [2.75, 3.05) is 0 Å². The highest BCUT2D eigenvalue weighted by molar-refractivity contribution is 5.27. The standard InChI is InChI=1S/C11H15/c1-3-6-11-8-5-7-10(4-2)9-11/h4-5,7-9H,3,6H2,1-2H3. The van der Waals surface area contributed by atoms with Crippen LogP contribution in [0.3, 0.4) is 0 Å². The van der Waals surface area contributed by atoms with Crippen molar-refractivity contribution in [1.29, 1.82) is 0 Å². The topological polar surface area (TPSA) is 0 Å². The van der Waals surface area contributed by atoms with E-state index in [2.05, 4.69) is 44.5 Å². The van der Waals surface area contributed by atoms with Crippen LogP contribution in [0.1, 0.15) is 31.4 Å². The molecule has 0 aliphatic heterocycles. The van der Waals surface area contributed by atoms with E-state index in [9.17, 15) is 0 Å². The van der Waals surface area contributed by atoms with E-state index in [4.69, 9.17) is 0 Å². The molecular formula is C11H15. The summed E-state index contributed by atoms with van der Waals surface area (Å²) < 4.78 is 0. The maximum absolute atomic E-state index is 2.25. The van der Waals surface area contributed by atoms with Crippen LogP contribution in [0.25, 0.3) is 0 Å². The van der Waals surface area contributed by atoms with E-state index in [1.165, 1.54) is 24.0 Å². The summed E-state index contributed by atoms with van der Waals surface area (Å²) in [6, 6.07) is 8.71. The molecule has 1 aromatic carbocycles. The Bertz CT molecular complexity index is 213. The Morgan fingerprint density at radius 3 is 2.82 bits per heavy atom. The lowest BCUT2D eigenvalue weighted by Gasteiger charge is -2.00. The Hall–Kier alpha value is -0.780. The van der Waals surface area contributed by atoms with E-state index in [0.717, 1.165) is 0 Å². The van der Waals surface area contributed by atoms with E-state index in [-0.39, 0.29) is 0 Å². The van der Waals surface area contributed by atoms with Gasteiger partial charge in [-0.05, 0) is 24.0 Å². The second-order valence-corrected chi connectivity index (χ2v) is 2.78. The van der Waals surface area contributed by atoms with E-state index < -0.39 is 0 Å². The minimum absolute atomic E-state index is 1.20. The fourth-order valence-corrected chi connectivity index (χ4v) is 1.22. The van der Waals surface area contributed by atoms with Crippen LogP contribution < -0.4 is 0 Å². The molecule has 0 amide bonds. The number of aryl methyl sites for hydroxylation is 1. The van der Waals surface area contributed by atoms with Gasteiger partial charge in [-0.3, -0.25) is 0 Å². The third kappa shape index (κ3) is 2.38. The molecule has 0 heteroatoms. The zero-order chi connectivity index (χ0) is 8.10. The second kappa shape index (κ2) is 4.17. The molecule has 0 spiro atoms. The average molecular weight is 147 g/mol. The van der Waals surface area contributed by atoms with Gasteiger partial charge in [0.05, 0.1) is 0 Å². The van der Waals surface area contributed by atoms with Gasteiger partial charge < -0.3 is 0 Å². The Labute approximate surface area is 69.3 Å². The number of benzene rings is 1. The largest absolute Gasteiger partial charge is 0.0651 e. The third-order valence-corrected chi connectivity index (χ3v) is 1.82. The van der Waals surface area contributed by atoms with Gasteiger partial charge in [-0.2, -0.15) is 0 Å². The summed E-state index contributed by atoms with van der Waals surface area (Å²) in [7, 11) is 0. The molecule has 0 aliphatic rings. The highest BCUT2D eigenvalue weighted by Crippen LogP contribution is 2.08. The monoisotopic (exact) mass is 147 g/mol. The summed E-state index contributed by atoms with van der Waals surface area (Å²) in [5.41, 5.74) is 2.78. The van der Waals surface area contributed by atoms with E-state index in [0.29, 0.717) is 0 Å². The van der Waals surface area contributed by atoms with Gasteiger partial charge in [0.1, 0.15) is 0 Å². The van der Waals surface area contributed by atoms with Gasteiger partial charge in [-0.1, -0.05) is 44.5 Å². The van der Waals surface area contributed by atoms with Crippen molar-refractivity contribution < 1.29 is 0 Å². The quantitative estimate of drug-likeness (QED) is 0.616. The minimum atomic E-state index is 1.20. The molecule has 1 radical (unpaired) electrons. The van der Waals surface area contributed by atoms with Crippen molar-refractivity contribution in [1.82, 2.24) is 0 Å². The number of rotatable bonds is 3. The fraction of sp³-hybridized carbons (Fsp3) is 0.364. The molecule has 1 aromatic rings. The van der Waals surface area contributed by atoms with Crippen molar-refractivity contribution in [3.63, 3.8) is 0 Å². The van der Waals surface area contributed by atoms with Gasteiger partial charge in [0.15, 0.2) is 0 Å². The maximum atomic E-state index is 2.25. The van der Waals surface area contributed by atoms with Crippen molar-refractivity contribution in [2.45, 2.75) is 26.7 Å². The predicted molar refractivity (Wildman–Crippen MR) is 49.5 cm³/mol. The maximum Gasteiger partial charge on any atom is -0.0124 e. The Morgan fingerprint density at radius 1 is 1.36 bits per heavy atom. The summed E-state index contributed by atoms with van der Waals surface area (Å²) in [6.07, 6.45) is 4.56. The highest BCUT2D eigenvalue weighted by atomic mass is 14.0. The summed E-state index contributed by atoms with van der Waals surface area (Å²) in [4.78, 5) is 0. The molecule has 0 fully saturated rings. The first-order chi connectivity index (χ1) is 5.36. The van der Waals surface area contributed by atoms with Crippen LogP contribution in [0.2, 0.25) is 0 Å². The third-order valence-electron chi connectivity index (χ3n) is 1.82. The summed E-state index contributed by atoms with van der Waals surface area (Å²) >= 11 is 0. The van der Waals surface area contributed by atoms with E-state index >= 15 is 0 Å². The predicted octanol–water partition coefficient (Wildman–Crippen LogP) is 3.21. The number of hydrogen-bond acceptors (Lipinski definition) is 0. The molecule has 0 aliphatic carbocycles. The molecule has 0 atom stereocenters. The van der Waals surface area contributed by atoms with Crippen LogP contribution >= 0.6 is 0 Å². The van der Waals surface area contributed by atoms with Crippen LogP contribution in [0.5, 0.6) is 0 Å². The van der Waals surface area contributed by atoms with Crippen molar-refractivity contribution in [2.24, 2.45) is 0 Å². The zero-order valence-electron chi connectivity index (χ0n) is 7.30. The first-order valence-electron chi connectivity index (χ1n) is 4.25. The Balaban J connectivity index is 2.74. The van der Waals surface area contributed by atoms with Crippen LogP contribution in [0.4, 0.5) is 0 Å². The number of hydrogen-bond donors (Lipinski definition) is 0. The van der Waals surface area contributed by atoms with Crippen molar-refractivity contribution in [3.8, 4) is 0 Å². The molecule has 0 bridgehead atoms. The summed E-state index contributed by atoms with van der Waals surface area (Å²) in [6.45, 7) is 4.29. The van der Waals surface area contributed by atoms with Crippen LogP contribution in [0, 0.1) is 6.42 Å². The summed E-state index contributed by atoms with van der Waals surface area (Å²) in [5, 5.41) is 0. The first kappa shape index (κ1) is 8.32. The molecule has 0 saturated heterocycles. The van der Waals surface area contributed by atoms with Gasteiger partial charge in [0.25, 0.3) is 0 Å². The first-order valence-corrected chi connectivity index (χ1v) is 4.25. The van der Waals surface area contributed by atoms with Crippen molar-refractivity contribution in [3.05, 3.63) is 41.8 Å². The van der Waals surface area contributed by atoms with Gasteiger partial charge in [0.2, 0.25) is 0 Å². The smallest absolute Gasteiger partial charge is 0.0124 e. The second-order valence-electron chi connectivity index (χ2n) is 2.78. The van der Waals surface area contributed by atoms with E-state index in [1.54, 1.807) is 0 Å². The molecule has 0 nitrogen and oxygen atoms in total. The lowest BCUT2D eigenvalue weighted by atomic mass is 10.1. The molecule has 0 unspecified atom stereocenters. The van der Waals surface area contributed by atoms with Crippen molar-refractivity contribution >= 4 is 0 Å². The fourth-order valence-electron chi connectivity index (χ4n) is 1.22. The summed E-state index contributed by atoms with van der Waals surface area (Å²) in [5.74, 6) is 0. The van der Waals surface area contributed by atoms with Gasteiger partial charge in [-0.15, -0.1) is 0 Å². The zero-order valence-corrected chi connectivity index (χ0v) is 7.30.